The van der Waals surface area contributed by atoms with Crippen molar-refractivity contribution in [1.82, 2.24) is 4.98 Å². The molecule has 0 aliphatic carbocycles. The lowest BCUT2D eigenvalue weighted by molar-refractivity contribution is 1.32. The van der Waals surface area contributed by atoms with Crippen LogP contribution in [0.2, 0.25) is 20.4 Å². The van der Waals surface area contributed by atoms with E-state index in [9.17, 15) is 0 Å². The van der Waals surface area contributed by atoms with Gasteiger partial charge in [-0.1, -0.05) is 46.4 Å². The Morgan fingerprint density at radius 1 is 1.17 bits per heavy atom. The van der Waals surface area contributed by atoms with Gasteiger partial charge in [0.15, 0.2) is 0 Å². The largest absolute Gasteiger partial charge is 0.224 e. The van der Waals surface area contributed by atoms with Crippen LogP contribution in [0.15, 0.2) is 18.2 Å². The first-order valence-electron chi connectivity index (χ1n) is 4.66. The summed E-state index contributed by atoms with van der Waals surface area (Å²) in [7, 11) is 0. The van der Waals surface area contributed by atoms with Crippen LogP contribution >= 0.6 is 46.4 Å². The molecule has 0 aliphatic heterocycles. The van der Waals surface area contributed by atoms with E-state index in [0.717, 1.165) is 0 Å². The molecule has 0 amide bonds. The molecule has 0 saturated carbocycles. The van der Waals surface area contributed by atoms with Crippen LogP contribution < -0.4 is 0 Å². The van der Waals surface area contributed by atoms with Gasteiger partial charge < -0.3 is 0 Å². The summed E-state index contributed by atoms with van der Waals surface area (Å²) in [4.78, 5) is 3.90. The Balaban J connectivity index is 2.79. The minimum atomic E-state index is 0.150. The number of hydrogen-bond donors (Lipinski definition) is 0. The smallest absolute Gasteiger partial charge is 0.138 e. The van der Waals surface area contributed by atoms with Crippen LogP contribution in [0, 0.1) is 17.4 Å². The SMILES string of the molecule is N#Cc1c(Cl)c[c]c(Cl)c1-c1ccc(Cl)nc1Cl. The highest BCUT2D eigenvalue weighted by molar-refractivity contribution is 6.38. The lowest BCUT2D eigenvalue weighted by atomic mass is 10.0. The Morgan fingerprint density at radius 2 is 1.89 bits per heavy atom. The Kier molecular flexibility index (Phi) is 3.99. The summed E-state index contributed by atoms with van der Waals surface area (Å²) < 4.78 is 0. The van der Waals surface area contributed by atoms with E-state index in [1.807, 2.05) is 6.07 Å². The van der Waals surface area contributed by atoms with Crippen molar-refractivity contribution >= 4 is 46.4 Å². The third-order valence-electron chi connectivity index (χ3n) is 2.23. The molecule has 18 heavy (non-hydrogen) atoms. The third-order valence-corrected chi connectivity index (χ3v) is 3.32. The first-order valence-corrected chi connectivity index (χ1v) is 6.18. The van der Waals surface area contributed by atoms with Gasteiger partial charge in [-0.15, -0.1) is 0 Å². The summed E-state index contributed by atoms with van der Waals surface area (Å²) in [5.74, 6) is 0. The summed E-state index contributed by atoms with van der Waals surface area (Å²) in [5, 5.41) is 10.0. The molecular formula is C12H3Cl4N2. The quantitative estimate of drug-likeness (QED) is 0.691. The van der Waals surface area contributed by atoms with E-state index in [1.165, 1.54) is 6.07 Å². The van der Waals surface area contributed by atoms with Gasteiger partial charge in [0.05, 0.1) is 15.6 Å². The average molecular weight is 317 g/mol. The molecule has 0 aliphatic rings. The molecule has 2 rings (SSSR count). The van der Waals surface area contributed by atoms with Crippen molar-refractivity contribution in [2.24, 2.45) is 0 Å². The molecule has 0 N–H and O–H groups in total. The molecule has 0 unspecified atom stereocenters. The molecule has 2 nitrogen and oxygen atoms in total. The highest BCUT2D eigenvalue weighted by Crippen LogP contribution is 2.38. The summed E-state index contributed by atoms with van der Waals surface area (Å²) in [6.45, 7) is 0. The molecule has 1 radical (unpaired) electrons. The van der Waals surface area contributed by atoms with Gasteiger partial charge in [0, 0.05) is 17.2 Å². The Hall–Kier alpha value is -0.980. The summed E-state index contributed by atoms with van der Waals surface area (Å²) in [6.07, 6.45) is 0. The highest BCUT2D eigenvalue weighted by Gasteiger charge is 2.16. The van der Waals surface area contributed by atoms with Crippen molar-refractivity contribution in [3.63, 3.8) is 0 Å². The van der Waals surface area contributed by atoms with E-state index in [4.69, 9.17) is 51.7 Å². The van der Waals surface area contributed by atoms with E-state index in [1.54, 1.807) is 12.1 Å². The van der Waals surface area contributed by atoms with Gasteiger partial charge in [0.25, 0.3) is 0 Å². The molecule has 0 spiro atoms. The molecule has 1 aromatic carbocycles. The van der Waals surface area contributed by atoms with Crippen molar-refractivity contribution < 1.29 is 0 Å². The second-order valence-corrected chi connectivity index (χ2v) is 4.82. The maximum Gasteiger partial charge on any atom is 0.138 e. The van der Waals surface area contributed by atoms with Crippen LogP contribution in [-0.2, 0) is 0 Å². The maximum absolute atomic E-state index is 9.13. The summed E-state index contributed by atoms with van der Waals surface area (Å²) in [5.41, 5.74) is 1.12. The predicted octanol–water partition coefficient (Wildman–Crippen LogP) is 5.03. The fraction of sp³-hybridized carbons (Fsp3) is 0. The van der Waals surface area contributed by atoms with Gasteiger partial charge in [0.2, 0.25) is 0 Å². The average Bonchev–Trinajstić information content (AvgIpc) is 2.33. The second kappa shape index (κ2) is 5.34. The number of pyridine rings is 1. The van der Waals surface area contributed by atoms with E-state index in [-0.39, 0.29) is 25.9 Å². The van der Waals surface area contributed by atoms with Crippen LogP contribution in [0.25, 0.3) is 11.1 Å². The van der Waals surface area contributed by atoms with Gasteiger partial charge >= 0.3 is 0 Å². The number of rotatable bonds is 1. The van der Waals surface area contributed by atoms with Gasteiger partial charge in [-0.25, -0.2) is 4.98 Å². The zero-order valence-corrected chi connectivity index (χ0v) is 11.7. The van der Waals surface area contributed by atoms with E-state index < -0.39 is 0 Å². The van der Waals surface area contributed by atoms with E-state index in [0.29, 0.717) is 11.1 Å². The second-order valence-electron chi connectivity index (χ2n) is 3.28. The first-order chi connectivity index (χ1) is 8.54. The van der Waals surface area contributed by atoms with Crippen molar-refractivity contribution in [2.45, 2.75) is 0 Å². The Morgan fingerprint density at radius 3 is 2.50 bits per heavy atom. The lowest BCUT2D eigenvalue weighted by Crippen LogP contribution is -1.91. The zero-order valence-electron chi connectivity index (χ0n) is 8.64. The maximum atomic E-state index is 9.13. The van der Waals surface area contributed by atoms with Crippen molar-refractivity contribution in [1.29, 1.82) is 5.26 Å². The number of benzene rings is 1. The number of hydrogen-bond acceptors (Lipinski definition) is 2. The molecule has 2 aromatic rings. The topological polar surface area (TPSA) is 36.7 Å². The van der Waals surface area contributed by atoms with Crippen molar-refractivity contribution in [2.75, 3.05) is 0 Å². The molecular weight excluding hydrogens is 314 g/mol. The fourth-order valence-corrected chi connectivity index (χ4v) is 2.34. The minimum Gasteiger partial charge on any atom is -0.224 e. The molecule has 6 heteroatoms. The third kappa shape index (κ3) is 2.41. The highest BCUT2D eigenvalue weighted by atomic mass is 35.5. The van der Waals surface area contributed by atoms with E-state index in [2.05, 4.69) is 11.1 Å². The van der Waals surface area contributed by atoms with Crippen LogP contribution in [0.4, 0.5) is 0 Å². The molecule has 89 valence electrons. The van der Waals surface area contributed by atoms with Crippen LogP contribution in [0.3, 0.4) is 0 Å². The number of halogens is 4. The summed E-state index contributed by atoms with van der Waals surface area (Å²) >= 11 is 23.7. The number of aromatic nitrogens is 1. The van der Waals surface area contributed by atoms with Crippen molar-refractivity contribution in [3.05, 3.63) is 50.2 Å². The Labute approximate surface area is 124 Å². The van der Waals surface area contributed by atoms with Crippen LogP contribution in [0.5, 0.6) is 0 Å². The van der Waals surface area contributed by atoms with Gasteiger partial charge in [-0.3, -0.25) is 0 Å². The van der Waals surface area contributed by atoms with Gasteiger partial charge in [-0.2, -0.15) is 5.26 Å². The fourth-order valence-electron chi connectivity index (χ4n) is 1.46. The molecule has 1 heterocycles. The molecule has 1 aromatic heterocycles. The molecule has 0 saturated heterocycles. The summed E-state index contributed by atoms with van der Waals surface area (Å²) in [6, 6.07) is 9.35. The van der Waals surface area contributed by atoms with E-state index >= 15 is 0 Å². The first kappa shape index (κ1) is 13.5. The number of nitrogens with zero attached hydrogens (tertiary/aromatic N) is 2. The minimum absolute atomic E-state index is 0.150. The standard InChI is InChI=1S/C12H3Cl4N2/c13-8-2-3-9(14)11(7(8)5-17)6-1-4-10(15)18-12(6)16/h1-2,4H. The lowest BCUT2D eigenvalue weighted by Gasteiger charge is -2.09. The molecule has 0 bridgehead atoms. The van der Waals surface area contributed by atoms with Crippen LogP contribution in [0.1, 0.15) is 5.56 Å². The molecule has 0 atom stereocenters. The van der Waals surface area contributed by atoms with Gasteiger partial charge in [-0.05, 0) is 18.2 Å². The monoisotopic (exact) mass is 315 g/mol. The Bertz CT molecular complexity index is 662. The van der Waals surface area contributed by atoms with Gasteiger partial charge in [0.1, 0.15) is 16.4 Å². The normalized spacial score (nSPS) is 10.2. The van der Waals surface area contributed by atoms with Crippen molar-refractivity contribution in [3.8, 4) is 17.2 Å². The molecule has 0 fully saturated rings. The number of nitriles is 1. The van der Waals surface area contributed by atoms with Crippen LogP contribution in [-0.4, -0.2) is 4.98 Å². The zero-order chi connectivity index (χ0) is 13.3. The predicted molar refractivity (Wildman–Crippen MR) is 73.3 cm³/mol.